The molecule has 152 valence electrons. The number of carbonyl (C=O) groups excluding carboxylic acids is 1. The smallest absolute Gasteiger partial charge is 0.417 e. The van der Waals surface area contributed by atoms with Gasteiger partial charge in [0.1, 0.15) is 11.9 Å². The van der Waals surface area contributed by atoms with Crippen molar-refractivity contribution in [2.45, 2.75) is 25.1 Å². The van der Waals surface area contributed by atoms with Crippen LogP contribution in [0.5, 0.6) is 0 Å². The first-order valence-corrected chi connectivity index (χ1v) is 8.86. The van der Waals surface area contributed by atoms with E-state index >= 15 is 0 Å². The Morgan fingerprint density at radius 1 is 1.14 bits per heavy atom. The largest absolute Gasteiger partial charge is 0.446 e. The Kier molecular flexibility index (Phi) is 5.92. The molecular weight excluding hydrogens is 390 g/mol. The van der Waals surface area contributed by atoms with Gasteiger partial charge in [0.15, 0.2) is 0 Å². The molecule has 5 nitrogen and oxygen atoms in total. The number of rotatable bonds is 3. The first-order valence-electron chi connectivity index (χ1n) is 8.86. The summed E-state index contributed by atoms with van der Waals surface area (Å²) in [7, 11) is 0. The zero-order chi connectivity index (χ0) is 21.0. The van der Waals surface area contributed by atoms with Gasteiger partial charge in [0.25, 0.3) is 0 Å². The summed E-state index contributed by atoms with van der Waals surface area (Å²) in [5, 5.41) is 11.4. The van der Waals surface area contributed by atoms with Crippen LogP contribution >= 0.6 is 0 Å². The van der Waals surface area contributed by atoms with Gasteiger partial charge in [0.2, 0.25) is 0 Å². The van der Waals surface area contributed by atoms with Gasteiger partial charge in [0, 0.05) is 37.3 Å². The van der Waals surface area contributed by atoms with Crippen molar-refractivity contribution in [1.29, 1.82) is 5.26 Å². The molecule has 0 aliphatic carbocycles. The van der Waals surface area contributed by atoms with Crippen molar-refractivity contribution in [3.63, 3.8) is 0 Å². The minimum absolute atomic E-state index is 0.366. The van der Waals surface area contributed by atoms with Crippen molar-refractivity contribution in [2.75, 3.05) is 23.3 Å². The number of anilines is 2. The van der Waals surface area contributed by atoms with Gasteiger partial charge >= 0.3 is 12.3 Å². The molecule has 2 aromatic carbocycles. The quantitative estimate of drug-likeness (QED) is 0.733. The second kappa shape index (κ2) is 8.39. The van der Waals surface area contributed by atoms with Crippen molar-refractivity contribution in [2.24, 2.45) is 0 Å². The maximum absolute atomic E-state index is 13.1. The van der Waals surface area contributed by atoms with Crippen LogP contribution < -0.4 is 10.2 Å². The van der Waals surface area contributed by atoms with E-state index in [-0.39, 0.29) is 6.10 Å². The lowest BCUT2D eigenvalue weighted by Gasteiger charge is -2.33. The number of halogens is 4. The number of nitrogens with one attached hydrogen (secondary N) is 1. The summed E-state index contributed by atoms with van der Waals surface area (Å²) >= 11 is 0. The number of nitriles is 1. The number of benzene rings is 2. The zero-order valence-corrected chi connectivity index (χ0v) is 15.2. The number of hydrogen-bond donors (Lipinski definition) is 1. The van der Waals surface area contributed by atoms with Gasteiger partial charge in [-0.15, -0.1) is 0 Å². The predicted octanol–water partition coefficient (Wildman–Crippen LogP) is 4.93. The van der Waals surface area contributed by atoms with Crippen molar-refractivity contribution < 1.29 is 27.1 Å². The van der Waals surface area contributed by atoms with Gasteiger partial charge in [-0.2, -0.15) is 18.4 Å². The average molecular weight is 407 g/mol. The van der Waals surface area contributed by atoms with Crippen LogP contribution in [-0.4, -0.2) is 25.3 Å². The monoisotopic (exact) mass is 407 g/mol. The van der Waals surface area contributed by atoms with E-state index in [0.717, 1.165) is 12.1 Å². The molecule has 1 saturated heterocycles. The summed E-state index contributed by atoms with van der Waals surface area (Å²) in [6.45, 7) is 0.801. The molecule has 2 aromatic rings. The summed E-state index contributed by atoms with van der Waals surface area (Å²) in [4.78, 5) is 13.7. The summed E-state index contributed by atoms with van der Waals surface area (Å²) in [5.74, 6) is -0.423. The molecule has 0 bridgehead atoms. The number of piperidine rings is 1. The third kappa shape index (κ3) is 5.16. The van der Waals surface area contributed by atoms with Crippen molar-refractivity contribution in [1.82, 2.24) is 0 Å². The van der Waals surface area contributed by atoms with Gasteiger partial charge in [-0.05, 0) is 42.5 Å². The molecule has 0 aromatic heterocycles. The lowest BCUT2D eigenvalue weighted by Crippen LogP contribution is -2.38. The van der Waals surface area contributed by atoms with E-state index in [1.165, 1.54) is 30.3 Å². The van der Waals surface area contributed by atoms with Crippen molar-refractivity contribution in [3.8, 4) is 6.07 Å². The van der Waals surface area contributed by atoms with Gasteiger partial charge in [-0.1, -0.05) is 0 Å². The van der Waals surface area contributed by atoms with Crippen LogP contribution in [0.4, 0.5) is 33.7 Å². The lowest BCUT2D eigenvalue weighted by atomic mass is 10.0. The molecule has 9 heteroatoms. The summed E-state index contributed by atoms with van der Waals surface area (Å²) in [6, 6.07) is 10.4. The minimum atomic E-state index is -4.61. The lowest BCUT2D eigenvalue weighted by molar-refractivity contribution is -0.137. The summed E-state index contributed by atoms with van der Waals surface area (Å²) in [5.41, 5.74) is -0.622. The predicted molar refractivity (Wildman–Crippen MR) is 97.9 cm³/mol. The highest BCUT2D eigenvalue weighted by Crippen LogP contribution is 2.35. The molecule has 1 aliphatic rings. The fourth-order valence-electron chi connectivity index (χ4n) is 3.12. The van der Waals surface area contributed by atoms with Crippen LogP contribution in [0.15, 0.2) is 42.5 Å². The first-order chi connectivity index (χ1) is 13.8. The van der Waals surface area contributed by atoms with Crippen LogP contribution in [-0.2, 0) is 10.9 Å². The van der Waals surface area contributed by atoms with E-state index in [0.29, 0.717) is 37.3 Å². The molecule has 1 heterocycles. The minimum Gasteiger partial charge on any atom is -0.446 e. The fourth-order valence-corrected chi connectivity index (χ4v) is 3.12. The number of hydrogen-bond acceptors (Lipinski definition) is 4. The number of ether oxygens (including phenoxy) is 1. The Morgan fingerprint density at radius 3 is 2.38 bits per heavy atom. The highest BCUT2D eigenvalue weighted by atomic mass is 19.4. The highest BCUT2D eigenvalue weighted by molar-refractivity contribution is 5.84. The number of nitrogens with zero attached hydrogens (tertiary/aromatic N) is 2. The molecule has 1 amide bonds. The zero-order valence-electron chi connectivity index (χ0n) is 15.2. The Morgan fingerprint density at radius 2 is 1.79 bits per heavy atom. The molecule has 0 saturated carbocycles. The molecule has 1 N–H and O–H groups in total. The Balaban J connectivity index is 1.57. The van der Waals surface area contributed by atoms with Crippen LogP contribution in [0.1, 0.15) is 24.0 Å². The molecule has 0 atom stereocenters. The fraction of sp³-hybridized carbons (Fsp3) is 0.300. The van der Waals surface area contributed by atoms with E-state index in [1.54, 1.807) is 11.0 Å². The highest BCUT2D eigenvalue weighted by Gasteiger charge is 2.34. The second-order valence-electron chi connectivity index (χ2n) is 6.56. The van der Waals surface area contributed by atoms with Crippen molar-refractivity contribution in [3.05, 3.63) is 59.4 Å². The maximum Gasteiger partial charge on any atom is 0.417 e. The number of amides is 1. The molecule has 1 fully saturated rings. The molecule has 0 spiro atoms. The van der Waals surface area contributed by atoms with Crippen LogP contribution in [0, 0.1) is 17.1 Å². The summed E-state index contributed by atoms with van der Waals surface area (Å²) in [6.07, 6.45) is -4.78. The van der Waals surface area contributed by atoms with Gasteiger partial charge in [-0.3, -0.25) is 5.32 Å². The summed E-state index contributed by atoms with van der Waals surface area (Å²) < 4.78 is 57.6. The third-order valence-electron chi connectivity index (χ3n) is 4.60. The molecule has 1 aliphatic heterocycles. The molecule has 0 radical (unpaired) electrons. The normalized spacial score (nSPS) is 14.9. The molecule has 29 heavy (non-hydrogen) atoms. The maximum atomic E-state index is 13.1. The van der Waals surface area contributed by atoms with E-state index in [9.17, 15) is 22.4 Å². The topological polar surface area (TPSA) is 65.4 Å². The third-order valence-corrected chi connectivity index (χ3v) is 4.60. The number of alkyl halides is 3. The van der Waals surface area contributed by atoms with E-state index in [1.807, 2.05) is 0 Å². The first kappa shape index (κ1) is 20.5. The van der Waals surface area contributed by atoms with Crippen molar-refractivity contribution >= 4 is 17.5 Å². The average Bonchev–Trinajstić information content (AvgIpc) is 2.69. The van der Waals surface area contributed by atoms with Crippen LogP contribution in [0.2, 0.25) is 0 Å². The van der Waals surface area contributed by atoms with E-state index < -0.39 is 29.2 Å². The van der Waals surface area contributed by atoms with Gasteiger partial charge in [0.05, 0.1) is 17.2 Å². The second-order valence-corrected chi connectivity index (χ2v) is 6.56. The SMILES string of the molecule is N#Cc1ccc(N2CCC(OC(=O)Nc3ccc(F)cc3)CC2)cc1C(F)(F)F. The Labute approximate surface area is 164 Å². The molecular formula is C20H17F4N3O2. The standard InChI is InChI=1S/C20H17F4N3O2/c21-14-2-4-15(5-3-14)26-19(28)29-17-7-9-27(10-8-17)16-6-1-13(12-25)18(11-16)20(22,23)24/h1-6,11,17H,7-10H2,(H,26,28). The Hall–Kier alpha value is -3.28. The Bertz CT molecular complexity index is 915. The van der Waals surface area contributed by atoms with Gasteiger partial charge in [-0.25, -0.2) is 9.18 Å². The number of carbonyl (C=O) groups is 1. The molecule has 3 rings (SSSR count). The van der Waals surface area contributed by atoms with Gasteiger partial charge < -0.3 is 9.64 Å². The molecule has 0 unspecified atom stereocenters. The van der Waals surface area contributed by atoms with Crippen LogP contribution in [0.25, 0.3) is 0 Å². The van der Waals surface area contributed by atoms with E-state index in [2.05, 4.69) is 5.32 Å². The van der Waals surface area contributed by atoms with E-state index in [4.69, 9.17) is 10.00 Å². The van der Waals surface area contributed by atoms with Crippen LogP contribution in [0.3, 0.4) is 0 Å².